The number of carbonyl (C=O) groups is 2. The first-order valence-electron chi connectivity index (χ1n) is 8.27. The van der Waals surface area contributed by atoms with E-state index in [1.807, 2.05) is 48.5 Å². The van der Waals surface area contributed by atoms with E-state index < -0.39 is 17.9 Å². The van der Waals surface area contributed by atoms with Crippen LogP contribution in [0, 0.1) is 0 Å². The first-order chi connectivity index (χ1) is 12.5. The van der Waals surface area contributed by atoms with Crippen LogP contribution in [0.3, 0.4) is 0 Å². The van der Waals surface area contributed by atoms with Gasteiger partial charge in [0.25, 0.3) is 0 Å². The number of hydrogen-bond donors (Lipinski definition) is 2. The number of rotatable bonds is 7. The monoisotopic (exact) mass is 351 g/mol. The highest BCUT2D eigenvalue weighted by molar-refractivity contribution is 5.86. The van der Waals surface area contributed by atoms with Crippen LogP contribution >= 0.6 is 0 Å². The summed E-state index contributed by atoms with van der Waals surface area (Å²) in [6.07, 6.45) is 1.87. The molecule has 0 unspecified atom stereocenters. The van der Waals surface area contributed by atoms with E-state index in [2.05, 4.69) is 10.3 Å². The van der Waals surface area contributed by atoms with Crippen molar-refractivity contribution in [3.05, 3.63) is 65.9 Å². The van der Waals surface area contributed by atoms with E-state index >= 15 is 0 Å². The number of nitrogens with one attached hydrogen (secondary N) is 2. The highest BCUT2D eigenvalue weighted by Gasteiger charge is 2.15. The molecule has 3 aromatic rings. The number of amides is 1. The minimum absolute atomic E-state index is 0.129. The molecule has 6 nitrogen and oxygen atoms in total. The Labute approximate surface area is 150 Å². The zero-order valence-corrected chi connectivity index (χ0v) is 14.3. The lowest BCUT2D eigenvalue weighted by molar-refractivity contribution is -0.308. The summed E-state index contributed by atoms with van der Waals surface area (Å²) >= 11 is 0. The maximum Gasteiger partial charge on any atom is 0.217 e. The molecule has 6 heteroatoms. The molecule has 0 aliphatic carbocycles. The van der Waals surface area contributed by atoms with Gasteiger partial charge in [0.1, 0.15) is 12.4 Å². The predicted molar refractivity (Wildman–Crippen MR) is 95.4 cm³/mol. The molecule has 1 amide bonds. The van der Waals surface area contributed by atoms with Crippen molar-refractivity contribution in [2.24, 2.45) is 0 Å². The van der Waals surface area contributed by atoms with Crippen molar-refractivity contribution in [2.75, 3.05) is 0 Å². The van der Waals surface area contributed by atoms with E-state index in [0.717, 1.165) is 22.0 Å². The average molecular weight is 351 g/mol. The van der Waals surface area contributed by atoms with Gasteiger partial charge in [-0.2, -0.15) is 0 Å². The van der Waals surface area contributed by atoms with Crippen LogP contribution in [0.25, 0.3) is 10.9 Å². The van der Waals surface area contributed by atoms with Crippen LogP contribution in [0.5, 0.6) is 5.75 Å². The summed E-state index contributed by atoms with van der Waals surface area (Å²) in [6.45, 7) is 1.72. The zero-order valence-electron chi connectivity index (χ0n) is 14.3. The summed E-state index contributed by atoms with van der Waals surface area (Å²) in [7, 11) is 0. The Kier molecular flexibility index (Phi) is 5.22. The Balaban J connectivity index is 1.79. The summed E-state index contributed by atoms with van der Waals surface area (Å²) in [4.78, 5) is 25.6. The molecule has 2 aromatic carbocycles. The van der Waals surface area contributed by atoms with E-state index in [4.69, 9.17) is 4.74 Å². The van der Waals surface area contributed by atoms with Gasteiger partial charge in [0.15, 0.2) is 0 Å². The van der Waals surface area contributed by atoms with Crippen molar-refractivity contribution in [1.82, 2.24) is 10.3 Å². The number of hydrogen-bond acceptors (Lipinski definition) is 4. The Bertz CT molecular complexity index is 918. The molecule has 1 heterocycles. The number of carboxylic acids is 1. The summed E-state index contributed by atoms with van der Waals surface area (Å²) in [6, 6.07) is 14.3. The number of ether oxygens (including phenoxy) is 1. The molecule has 0 aliphatic heterocycles. The number of H-pyrrole nitrogens is 1. The summed E-state index contributed by atoms with van der Waals surface area (Å²) in [5.41, 5.74) is 2.70. The van der Waals surface area contributed by atoms with Crippen LogP contribution < -0.4 is 15.2 Å². The van der Waals surface area contributed by atoms with Crippen LogP contribution in [-0.4, -0.2) is 22.9 Å². The standard InChI is InChI=1S/C20H20N2O4/c1-13(23)22-19(20(24)25)9-15-11-21-18-8-7-16(10-17(15)18)26-12-14-5-3-2-4-6-14/h2-8,10-11,19,21H,9,12H2,1H3,(H,22,23)(H,24,25)/p-1/t19-/m1/s1. The molecule has 134 valence electrons. The molecule has 0 aliphatic rings. The number of aliphatic carboxylic acids is 1. The normalized spacial score (nSPS) is 11.9. The van der Waals surface area contributed by atoms with E-state index in [-0.39, 0.29) is 6.42 Å². The zero-order chi connectivity index (χ0) is 18.5. The van der Waals surface area contributed by atoms with Crippen LogP contribution in [0.2, 0.25) is 0 Å². The minimum atomic E-state index is -1.31. The van der Waals surface area contributed by atoms with Crippen molar-refractivity contribution in [3.8, 4) is 5.75 Å². The maximum atomic E-state index is 11.3. The molecule has 2 N–H and O–H groups in total. The van der Waals surface area contributed by atoms with Gasteiger partial charge in [-0.3, -0.25) is 4.79 Å². The Morgan fingerprint density at radius 1 is 1.19 bits per heavy atom. The van der Waals surface area contributed by atoms with Crippen molar-refractivity contribution in [2.45, 2.75) is 26.0 Å². The van der Waals surface area contributed by atoms with Gasteiger partial charge in [-0.1, -0.05) is 30.3 Å². The second-order valence-electron chi connectivity index (χ2n) is 6.07. The SMILES string of the molecule is CC(=O)N[C@H](Cc1c[nH]c2ccc(OCc3ccccc3)cc12)C(=O)[O-]. The molecule has 26 heavy (non-hydrogen) atoms. The average Bonchev–Trinajstić information content (AvgIpc) is 3.02. The number of aromatic amines is 1. The van der Waals surface area contributed by atoms with Crippen LogP contribution in [0.1, 0.15) is 18.1 Å². The molecule has 0 saturated heterocycles. The first-order valence-corrected chi connectivity index (χ1v) is 8.27. The first kappa shape index (κ1) is 17.5. The summed E-state index contributed by atoms with van der Waals surface area (Å²) in [5.74, 6) is -1.04. The van der Waals surface area contributed by atoms with Gasteiger partial charge in [0.2, 0.25) is 5.91 Å². The third-order valence-corrected chi connectivity index (χ3v) is 4.07. The second kappa shape index (κ2) is 7.74. The lowest BCUT2D eigenvalue weighted by atomic mass is 10.0. The van der Waals surface area contributed by atoms with Gasteiger partial charge in [0.05, 0.1) is 12.0 Å². The van der Waals surface area contributed by atoms with E-state index in [1.54, 1.807) is 6.20 Å². The van der Waals surface area contributed by atoms with Crippen LogP contribution in [0.15, 0.2) is 54.7 Å². The van der Waals surface area contributed by atoms with E-state index in [0.29, 0.717) is 12.4 Å². The number of carboxylic acid groups (broad SMARTS) is 1. The minimum Gasteiger partial charge on any atom is -0.548 e. The molecule has 0 radical (unpaired) electrons. The fourth-order valence-electron chi connectivity index (χ4n) is 2.82. The molecule has 3 rings (SSSR count). The quantitative estimate of drug-likeness (QED) is 0.675. The van der Waals surface area contributed by atoms with Crippen LogP contribution in [0.4, 0.5) is 0 Å². The number of aromatic nitrogens is 1. The lowest BCUT2D eigenvalue weighted by Gasteiger charge is -2.18. The molecule has 1 aromatic heterocycles. The smallest absolute Gasteiger partial charge is 0.217 e. The Morgan fingerprint density at radius 2 is 1.96 bits per heavy atom. The van der Waals surface area contributed by atoms with E-state index in [1.165, 1.54) is 6.92 Å². The summed E-state index contributed by atoms with van der Waals surface area (Å²) < 4.78 is 5.83. The number of carbonyl (C=O) groups excluding carboxylic acids is 2. The van der Waals surface area contributed by atoms with Crippen LogP contribution in [-0.2, 0) is 22.6 Å². The van der Waals surface area contributed by atoms with Gasteiger partial charge in [0, 0.05) is 30.4 Å². The Morgan fingerprint density at radius 3 is 2.65 bits per heavy atom. The van der Waals surface area contributed by atoms with Gasteiger partial charge < -0.3 is 24.9 Å². The molecular weight excluding hydrogens is 332 g/mol. The van der Waals surface area contributed by atoms with Crippen molar-refractivity contribution in [1.29, 1.82) is 0 Å². The summed E-state index contributed by atoms with van der Waals surface area (Å²) in [5, 5.41) is 14.5. The number of benzene rings is 2. The molecular formula is C20H19N2O4-. The van der Waals surface area contributed by atoms with Crippen molar-refractivity contribution >= 4 is 22.8 Å². The second-order valence-corrected chi connectivity index (χ2v) is 6.07. The number of fused-ring (bicyclic) bond motifs is 1. The molecule has 0 saturated carbocycles. The maximum absolute atomic E-state index is 11.3. The third kappa shape index (κ3) is 4.22. The van der Waals surface area contributed by atoms with Gasteiger partial charge in [-0.05, 0) is 29.3 Å². The molecule has 0 bridgehead atoms. The van der Waals surface area contributed by atoms with E-state index in [9.17, 15) is 14.7 Å². The highest BCUT2D eigenvalue weighted by atomic mass is 16.5. The fraction of sp³-hybridized carbons (Fsp3) is 0.200. The molecule has 0 fully saturated rings. The van der Waals surface area contributed by atoms with Crippen molar-refractivity contribution in [3.63, 3.8) is 0 Å². The van der Waals surface area contributed by atoms with Crippen molar-refractivity contribution < 1.29 is 19.4 Å². The predicted octanol–water partition coefficient (Wildman–Crippen LogP) is 1.54. The van der Waals surface area contributed by atoms with Gasteiger partial charge >= 0.3 is 0 Å². The third-order valence-electron chi connectivity index (χ3n) is 4.07. The highest BCUT2D eigenvalue weighted by Crippen LogP contribution is 2.25. The Hall–Kier alpha value is -3.28. The topological polar surface area (TPSA) is 94.2 Å². The van der Waals surface area contributed by atoms with Gasteiger partial charge in [-0.15, -0.1) is 0 Å². The lowest BCUT2D eigenvalue weighted by Crippen LogP contribution is -2.48. The van der Waals surface area contributed by atoms with Gasteiger partial charge in [-0.25, -0.2) is 0 Å². The largest absolute Gasteiger partial charge is 0.548 e. The molecule has 1 atom stereocenters. The fourth-order valence-corrected chi connectivity index (χ4v) is 2.82. The molecule has 0 spiro atoms.